The second-order valence-corrected chi connectivity index (χ2v) is 8.13. The van der Waals surface area contributed by atoms with Crippen LogP contribution in [0.15, 0.2) is 18.2 Å². The first-order chi connectivity index (χ1) is 15.5. The molecule has 0 amide bonds. The highest BCUT2D eigenvalue weighted by Crippen LogP contribution is 2.29. The fourth-order valence-corrected chi connectivity index (χ4v) is 3.56. The molecule has 13 nitrogen and oxygen atoms in total. The van der Waals surface area contributed by atoms with Crippen molar-refractivity contribution in [3.8, 4) is 11.5 Å². The molecular weight excluding hydrogens is 448 g/mol. The van der Waals surface area contributed by atoms with Crippen LogP contribution in [0, 0.1) is 0 Å². The first-order valence-electron chi connectivity index (χ1n) is 10.3. The Morgan fingerprint density at radius 2 is 1.39 bits per heavy atom. The van der Waals surface area contributed by atoms with Gasteiger partial charge in [0.05, 0.1) is 19.3 Å². The van der Waals surface area contributed by atoms with Crippen molar-refractivity contribution in [2.45, 2.75) is 74.4 Å². The van der Waals surface area contributed by atoms with Gasteiger partial charge in [-0.25, -0.2) is 0 Å². The number of rotatable bonds is 7. The molecule has 2 aliphatic rings. The summed E-state index contributed by atoms with van der Waals surface area (Å²) >= 11 is 0. The summed E-state index contributed by atoms with van der Waals surface area (Å²) in [5.41, 5.74) is 0.203. The lowest BCUT2D eigenvalue weighted by molar-refractivity contribution is -0.329. The zero-order valence-corrected chi connectivity index (χ0v) is 17.7. The van der Waals surface area contributed by atoms with E-state index in [0.717, 1.165) is 6.07 Å². The molecule has 1 aromatic carbocycles. The maximum absolute atomic E-state index is 10.2. The Morgan fingerprint density at radius 1 is 0.788 bits per heavy atom. The van der Waals surface area contributed by atoms with Gasteiger partial charge in [0, 0.05) is 0 Å². The van der Waals surface area contributed by atoms with Crippen molar-refractivity contribution in [2.24, 2.45) is 0 Å². The van der Waals surface area contributed by atoms with Gasteiger partial charge in [-0.3, -0.25) is 0 Å². The van der Waals surface area contributed by atoms with Gasteiger partial charge in [0.2, 0.25) is 0 Å². The molecule has 2 aliphatic heterocycles. The summed E-state index contributed by atoms with van der Waals surface area (Å²) in [4.78, 5) is 0. The molecule has 0 unspecified atom stereocenters. The number of hydrogen-bond acceptors (Lipinski definition) is 13. The van der Waals surface area contributed by atoms with Crippen molar-refractivity contribution in [3.05, 3.63) is 23.8 Å². The maximum Gasteiger partial charge on any atom is 0.186 e. The van der Waals surface area contributed by atoms with Gasteiger partial charge in [0.15, 0.2) is 24.1 Å². The van der Waals surface area contributed by atoms with E-state index in [9.17, 15) is 46.0 Å². The summed E-state index contributed by atoms with van der Waals surface area (Å²) in [6.45, 7) is 0.579. The van der Waals surface area contributed by atoms with Gasteiger partial charge < -0.3 is 64.9 Å². The molecule has 0 aromatic heterocycles. The third-order valence-corrected chi connectivity index (χ3v) is 5.70. The minimum absolute atomic E-state index is 0.203. The Morgan fingerprint density at radius 3 is 2.03 bits per heavy atom. The van der Waals surface area contributed by atoms with Crippen molar-refractivity contribution in [2.75, 3.05) is 13.2 Å². The van der Waals surface area contributed by atoms with Gasteiger partial charge in [-0.1, -0.05) is 6.07 Å². The van der Waals surface area contributed by atoms with Crippen LogP contribution in [0.25, 0.3) is 0 Å². The highest BCUT2D eigenvalue weighted by atomic mass is 16.7. The van der Waals surface area contributed by atoms with E-state index < -0.39 is 86.5 Å². The molecule has 0 saturated carbocycles. The summed E-state index contributed by atoms with van der Waals surface area (Å²) in [5.74, 6) is -0.823. The summed E-state index contributed by atoms with van der Waals surface area (Å²) < 4.78 is 21.5. The van der Waals surface area contributed by atoms with E-state index in [1.54, 1.807) is 0 Å². The summed E-state index contributed by atoms with van der Waals surface area (Å²) in [5, 5.41) is 89.3. The van der Waals surface area contributed by atoms with Crippen LogP contribution in [0.2, 0.25) is 0 Å². The highest BCUT2D eigenvalue weighted by molar-refractivity contribution is 5.41. The monoisotopic (exact) mass is 478 g/mol. The minimum Gasteiger partial charge on any atom is -0.504 e. The van der Waals surface area contributed by atoms with E-state index >= 15 is 0 Å². The summed E-state index contributed by atoms with van der Waals surface area (Å²) in [6, 6.07) is 3.64. The average Bonchev–Trinajstić information content (AvgIpc) is 2.79. The summed E-state index contributed by atoms with van der Waals surface area (Å²) in [7, 11) is 0. The first-order valence-corrected chi connectivity index (χ1v) is 10.3. The molecule has 13 heteroatoms. The highest BCUT2D eigenvalue weighted by Gasteiger charge is 2.47. The number of aliphatic hydroxyl groups is 7. The van der Waals surface area contributed by atoms with Crippen molar-refractivity contribution in [1.29, 1.82) is 0 Å². The fourth-order valence-electron chi connectivity index (χ4n) is 3.56. The van der Waals surface area contributed by atoms with E-state index in [1.165, 1.54) is 19.1 Å². The standard InChI is InChI=1S/C20H30O13/c1-7-13(24)15(26)17(28)19(32-7)31-6-12-14(25)16(27)18(29)20(33-12)30-5-11(23)8-2-3-9(21)10(22)4-8/h2-4,7,11-29H,5-6H2,1H3/t7-,11-,12+,13-,14+,15+,16-,17-,18+,19-,20+/m0/s1. The number of hydrogen-bond donors (Lipinski definition) is 9. The van der Waals surface area contributed by atoms with E-state index in [-0.39, 0.29) is 11.3 Å². The van der Waals surface area contributed by atoms with Crippen LogP contribution in [-0.2, 0) is 18.9 Å². The predicted molar refractivity (Wildman–Crippen MR) is 106 cm³/mol. The smallest absolute Gasteiger partial charge is 0.186 e. The van der Waals surface area contributed by atoms with Crippen LogP contribution >= 0.6 is 0 Å². The molecule has 3 rings (SSSR count). The minimum atomic E-state index is -1.70. The Kier molecular flexibility index (Phi) is 8.47. The van der Waals surface area contributed by atoms with Gasteiger partial charge in [0.1, 0.15) is 48.8 Å². The van der Waals surface area contributed by atoms with Gasteiger partial charge in [-0.2, -0.15) is 0 Å². The van der Waals surface area contributed by atoms with E-state index in [0.29, 0.717) is 0 Å². The predicted octanol–water partition coefficient (Wildman–Crippen LogP) is -3.20. The van der Waals surface area contributed by atoms with E-state index in [1.807, 2.05) is 0 Å². The lowest BCUT2D eigenvalue weighted by Gasteiger charge is -2.42. The largest absolute Gasteiger partial charge is 0.504 e. The van der Waals surface area contributed by atoms with Crippen molar-refractivity contribution >= 4 is 0 Å². The van der Waals surface area contributed by atoms with Crippen LogP contribution in [-0.4, -0.2) is 121 Å². The van der Waals surface area contributed by atoms with Crippen molar-refractivity contribution in [3.63, 3.8) is 0 Å². The third kappa shape index (κ3) is 5.72. The molecule has 2 heterocycles. The van der Waals surface area contributed by atoms with Crippen molar-refractivity contribution in [1.82, 2.24) is 0 Å². The zero-order chi connectivity index (χ0) is 24.4. The second-order valence-electron chi connectivity index (χ2n) is 8.13. The molecule has 188 valence electrons. The maximum atomic E-state index is 10.2. The van der Waals surface area contributed by atoms with Crippen LogP contribution in [0.3, 0.4) is 0 Å². The molecule has 0 radical (unpaired) electrons. The normalized spacial score (nSPS) is 40.5. The number of benzene rings is 1. The summed E-state index contributed by atoms with van der Waals surface area (Å²) in [6.07, 6.45) is -15.7. The SMILES string of the molecule is C[C@@H]1O[C@H](OC[C@H]2O[C@@H](OC[C@H](O)c3ccc(O)c(O)c3)[C@H](O)[C@@H](O)[C@@H]2O)[C@@H](O)[C@H](O)[C@H]1O. The molecule has 9 N–H and O–H groups in total. The second kappa shape index (κ2) is 10.8. The van der Waals surface area contributed by atoms with Crippen LogP contribution < -0.4 is 0 Å². The lowest BCUT2D eigenvalue weighted by Crippen LogP contribution is -2.61. The lowest BCUT2D eigenvalue weighted by atomic mass is 9.98. The molecule has 33 heavy (non-hydrogen) atoms. The zero-order valence-electron chi connectivity index (χ0n) is 17.7. The van der Waals surface area contributed by atoms with Gasteiger partial charge in [0.25, 0.3) is 0 Å². The Bertz CT molecular complexity index is 778. The Hall–Kier alpha value is -1.62. The molecule has 0 bridgehead atoms. The topological polar surface area (TPSA) is 219 Å². The van der Waals surface area contributed by atoms with Gasteiger partial charge in [-0.05, 0) is 24.6 Å². The van der Waals surface area contributed by atoms with Crippen LogP contribution in [0.5, 0.6) is 11.5 Å². The molecule has 1 aromatic rings. The Labute approximate surface area is 188 Å². The number of aliphatic hydroxyl groups excluding tert-OH is 7. The van der Waals surface area contributed by atoms with Gasteiger partial charge in [-0.15, -0.1) is 0 Å². The number of ether oxygens (including phenoxy) is 4. The van der Waals surface area contributed by atoms with Crippen molar-refractivity contribution < 1.29 is 64.9 Å². The first kappa shape index (κ1) is 26.0. The molecule has 2 fully saturated rings. The quantitative estimate of drug-likeness (QED) is 0.177. The molecular formula is C20H30O13. The fraction of sp³-hybridized carbons (Fsp3) is 0.700. The van der Waals surface area contributed by atoms with E-state index in [2.05, 4.69) is 0 Å². The molecule has 0 spiro atoms. The van der Waals surface area contributed by atoms with Gasteiger partial charge >= 0.3 is 0 Å². The van der Waals surface area contributed by atoms with Crippen LogP contribution in [0.4, 0.5) is 0 Å². The molecule has 2 saturated heterocycles. The van der Waals surface area contributed by atoms with Crippen LogP contribution in [0.1, 0.15) is 18.6 Å². The molecule has 0 aliphatic carbocycles. The van der Waals surface area contributed by atoms with E-state index in [4.69, 9.17) is 18.9 Å². The third-order valence-electron chi connectivity index (χ3n) is 5.70. The number of phenols is 2. The number of aromatic hydroxyl groups is 2. The Balaban J connectivity index is 1.58. The molecule has 11 atom stereocenters. The average molecular weight is 478 g/mol. The number of phenolic OH excluding ortho intramolecular Hbond substituents is 2.